The van der Waals surface area contributed by atoms with Crippen molar-refractivity contribution in [2.75, 3.05) is 20.2 Å². The minimum Gasteiger partial charge on any atom is -0.496 e. The van der Waals surface area contributed by atoms with Crippen LogP contribution in [-0.4, -0.2) is 42.1 Å². The number of nitrogens with zero attached hydrogens (tertiary/aromatic N) is 2. The fourth-order valence-corrected chi connectivity index (χ4v) is 4.39. The largest absolute Gasteiger partial charge is 0.496 e. The Morgan fingerprint density at radius 1 is 1.15 bits per heavy atom. The third kappa shape index (κ3) is 3.62. The van der Waals surface area contributed by atoms with Gasteiger partial charge >= 0.3 is 0 Å². The Hall–Kier alpha value is -2.60. The van der Waals surface area contributed by atoms with Gasteiger partial charge in [-0.25, -0.2) is 4.98 Å². The van der Waals surface area contributed by atoms with E-state index in [4.69, 9.17) is 9.47 Å². The molecule has 140 valence electrons. The van der Waals surface area contributed by atoms with Crippen LogP contribution in [0.2, 0.25) is 0 Å². The van der Waals surface area contributed by atoms with Crippen LogP contribution in [0.3, 0.4) is 0 Å². The number of rotatable bonds is 4. The van der Waals surface area contributed by atoms with Crippen molar-refractivity contribution in [2.45, 2.75) is 25.9 Å². The minimum absolute atomic E-state index is 0.0153. The van der Waals surface area contributed by atoms with Crippen LogP contribution in [0, 0.1) is 6.92 Å². The van der Waals surface area contributed by atoms with E-state index in [2.05, 4.69) is 24.0 Å². The molecule has 4 rings (SSSR count). The predicted octanol–water partition coefficient (Wildman–Crippen LogP) is 4.30. The smallest absolute Gasteiger partial charge is 0.274 e. The Labute approximate surface area is 162 Å². The minimum atomic E-state index is 0.0153. The van der Waals surface area contributed by atoms with Gasteiger partial charge in [0.1, 0.15) is 11.9 Å². The summed E-state index contributed by atoms with van der Waals surface area (Å²) in [5.74, 6) is 0.632. The van der Waals surface area contributed by atoms with Gasteiger partial charge in [-0.15, -0.1) is 0 Å². The van der Waals surface area contributed by atoms with E-state index in [1.54, 1.807) is 18.4 Å². The number of thiazole rings is 1. The van der Waals surface area contributed by atoms with Gasteiger partial charge in [-0.1, -0.05) is 35.6 Å². The molecule has 2 heterocycles. The first kappa shape index (κ1) is 17.8. The highest BCUT2D eigenvalue weighted by Gasteiger charge is 2.26. The van der Waals surface area contributed by atoms with Gasteiger partial charge in [0, 0.05) is 25.9 Å². The summed E-state index contributed by atoms with van der Waals surface area (Å²) in [5.41, 5.74) is 2.79. The Kier molecular flexibility index (Phi) is 4.99. The lowest BCUT2D eigenvalue weighted by molar-refractivity contribution is 0.0592. The molecule has 3 aromatic rings. The van der Waals surface area contributed by atoms with E-state index >= 15 is 0 Å². The maximum absolute atomic E-state index is 12.8. The molecule has 0 aliphatic carbocycles. The molecular formula is C21H22N2O3S. The summed E-state index contributed by atoms with van der Waals surface area (Å²) in [6, 6.07) is 13.5. The van der Waals surface area contributed by atoms with Gasteiger partial charge in [0.2, 0.25) is 0 Å². The maximum Gasteiger partial charge on any atom is 0.274 e. The molecule has 0 bridgehead atoms. The van der Waals surface area contributed by atoms with Gasteiger partial charge in [0.15, 0.2) is 0 Å². The molecule has 6 heteroatoms. The molecule has 2 aromatic carbocycles. The fraction of sp³-hybridized carbons (Fsp3) is 0.333. The van der Waals surface area contributed by atoms with Crippen LogP contribution in [0.1, 0.15) is 28.8 Å². The second-order valence-corrected chi connectivity index (χ2v) is 7.70. The molecular weight excluding hydrogens is 360 g/mol. The first-order valence-electron chi connectivity index (χ1n) is 9.11. The lowest BCUT2D eigenvalue weighted by Crippen LogP contribution is -2.41. The fourth-order valence-electron chi connectivity index (χ4n) is 3.43. The van der Waals surface area contributed by atoms with E-state index in [-0.39, 0.29) is 12.0 Å². The molecule has 1 aromatic heterocycles. The van der Waals surface area contributed by atoms with Crippen LogP contribution in [0.4, 0.5) is 0 Å². The van der Waals surface area contributed by atoms with Crippen molar-refractivity contribution < 1.29 is 14.3 Å². The number of carbonyl (C=O) groups excluding carboxylic acids is 1. The number of fused-ring (bicyclic) bond motifs is 1. The number of ether oxygens (including phenoxy) is 2. The van der Waals surface area contributed by atoms with E-state index in [0.29, 0.717) is 29.6 Å². The molecule has 0 spiro atoms. The molecule has 1 fully saturated rings. The van der Waals surface area contributed by atoms with E-state index in [9.17, 15) is 4.79 Å². The van der Waals surface area contributed by atoms with Gasteiger partial charge in [-0.3, -0.25) is 4.79 Å². The van der Waals surface area contributed by atoms with Crippen molar-refractivity contribution in [3.63, 3.8) is 0 Å². The first-order valence-corrected chi connectivity index (χ1v) is 9.92. The van der Waals surface area contributed by atoms with Crippen LogP contribution in [0.5, 0.6) is 10.9 Å². The number of likely N-dealkylation sites (tertiary alicyclic amines) is 1. The van der Waals surface area contributed by atoms with Crippen molar-refractivity contribution in [1.82, 2.24) is 9.88 Å². The number of para-hydroxylation sites is 2. The summed E-state index contributed by atoms with van der Waals surface area (Å²) in [4.78, 5) is 19.3. The number of amides is 1. The highest BCUT2D eigenvalue weighted by molar-refractivity contribution is 7.20. The average molecular weight is 382 g/mol. The van der Waals surface area contributed by atoms with E-state index in [1.165, 1.54) is 0 Å². The summed E-state index contributed by atoms with van der Waals surface area (Å²) >= 11 is 1.58. The number of hydrogen-bond donors (Lipinski definition) is 0. The zero-order chi connectivity index (χ0) is 18.8. The van der Waals surface area contributed by atoms with Crippen molar-refractivity contribution >= 4 is 27.5 Å². The average Bonchev–Trinajstić information content (AvgIpc) is 3.12. The van der Waals surface area contributed by atoms with Gasteiger partial charge < -0.3 is 14.4 Å². The SMILES string of the molecule is COc1ccccc1C(=O)N1CCC(Oc2nc3c(C)cccc3s2)CC1. The Morgan fingerprint density at radius 2 is 1.93 bits per heavy atom. The molecule has 5 nitrogen and oxygen atoms in total. The summed E-state index contributed by atoms with van der Waals surface area (Å²) < 4.78 is 12.6. The van der Waals surface area contributed by atoms with Crippen LogP contribution in [0.25, 0.3) is 10.2 Å². The summed E-state index contributed by atoms with van der Waals surface area (Å²) in [5, 5.41) is 0.716. The molecule has 0 unspecified atom stereocenters. The summed E-state index contributed by atoms with van der Waals surface area (Å²) in [7, 11) is 1.59. The Bertz CT molecular complexity index is 961. The molecule has 1 saturated heterocycles. The van der Waals surface area contributed by atoms with Crippen LogP contribution < -0.4 is 9.47 Å². The second-order valence-electron chi connectivity index (χ2n) is 6.71. The number of benzene rings is 2. The van der Waals surface area contributed by atoms with E-state index in [1.807, 2.05) is 35.2 Å². The monoisotopic (exact) mass is 382 g/mol. The second kappa shape index (κ2) is 7.56. The number of methoxy groups -OCH3 is 1. The molecule has 0 saturated carbocycles. The third-order valence-electron chi connectivity index (χ3n) is 4.94. The lowest BCUT2D eigenvalue weighted by atomic mass is 10.1. The van der Waals surface area contributed by atoms with Crippen LogP contribution in [-0.2, 0) is 0 Å². The summed E-state index contributed by atoms with van der Waals surface area (Å²) in [6.45, 7) is 3.41. The van der Waals surface area contributed by atoms with Crippen molar-refractivity contribution in [3.05, 3.63) is 53.6 Å². The maximum atomic E-state index is 12.8. The predicted molar refractivity (Wildman–Crippen MR) is 107 cm³/mol. The molecule has 1 aliphatic heterocycles. The molecule has 27 heavy (non-hydrogen) atoms. The quantitative estimate of drug-likeness (QED) is 0.675. The Morgan fingerprint density at radius 3 is 2.67 bits per heavy atom. The zero-order valence-electron chi connectivity index (χ0n) is 15.5. The molecule has 0 radical (unpaired) electrons. The zero-order valence-corrected chi connectivity index (χ0v) is 16.3. The van der Waals surface area contributed by atoms with Gasteiger partial charge in [-0.05, 0) is 30.7 Å². The van der Waals surface area contributed by atoms with Gasteiger partial charge in [-0.2, -0.15) is 0 Å². The molecule has 0 atom stereocenters. The third-order valence-corrected chi connectivity index (χ3v) is 5.85. The van der Waals surface area contributed by atoms with Crippen molar-refractivity contribution in [2.24, 2.45) is 0 Å². The standard InChI is InChI=1S/C21H22N2O3S/c1-14-6-5-9-18-19(14)22-21(27-18)26-15-10-12-23(13-11-15)20(24)16-7-3-4-8-17(16)25-2/h3-9,15H,10-13H2,1-2H3. The Balaban J connectivity index is 1.39. The normalized spacial score (nSPS) is 15.1. The number of aromatic nitrogens is 1. The molecule has 1 aliphatic rings. The highest BCUT2D eigenvalue weighted by atomic mass is 32.1. The molecule has 0 N–H and O–H groups in total. The number of carbonyl (C=O) groups is 1. The van der Waals surface area contributed by atoms with E-state index in [0.717, 1.165) is 28.6 Å². The van der Waals surface area contributed by atoms with E-state index < -0.39 is 0 Å². The van der Waals surface area contributed by atoms with Crippen LogP contribution >= 0.6 is 11.3 Å². The van der Waals surface area contributed by atoms with Crippen LogP contribution in [0.15, 0.2) is 42.5 Å². The topological polar surface area (TPSA) is 51.7 Å². The van der Waals surface area contributed by atoms with Gasteiger partial charge in [0.25, 0.3) is 11.1 Å². The molecule has 1 amide bonds. The number of piperidine rings is 1. The number of aryl methyl sites for hydroxylation is 1. The van der Waals surface area contributed by atoms with Crippen molar-refractivity contribution in [3.8, 4) is 10.9 Å². The van der Waals surface area contributed by atoms with Crippen molar-refractivity contribution in [1.29, 1.82) is 0 Å². The number of hydrogen-bond acceptors (Lipinski definition) is 5. The lowest BCUT2D eigenvalue weighted by Gasteiger charge is -2.31. The highest BCUT2D eigenvalue weighted by Crippen LogP contribution is 2.31. The van der Waals surface area contributed by atoms with Gasteiger partial charge in [0.05, 0.1) is 22.9 Å². The first-order chi connectivity index (χ1) is 13.2. The summed E-state index contributed by atoms with van der Waals surface area (Å²) in [6.07, 6.45) is 1.69.